The maximum absolute atomic E-state index is 12.6. The second-order valence-electron chi connectivity index (χ2n) is 9.64. The van der Waals surface area contributed by atoms with Crippen LogP contribution < -0.4 is 15.4 Å². The van der Waals surface area contributed by atoms with E-state index in [2.05, 4.69) is 10.6 Å². The van der Waals surface area contributed by atoms with E-state index in [-0.39, 0.29) is 43.0 Å². The van der Waals surface area contributed by atoms with E-state index in [4.69, 9.17) is 9.47 Å². The molecule has 7 heteroatoms. The maximum Gasteiger partial charge on any atom is 0.224 e. The molecule has 1 aliphatic carbocycles. The summed E-state index contributed by atoms with van der Waals surface area (Å²) in [6.07, 6.45) is 3.38. The van der Waals surface area contributed by atoms with Crippen molar-refractivity contribution >= 4 is 17.5 Å². The van der Waals surface area contributed by atoms with Crippen LogP contribution >= 0.6 is 0 Å². The zero-order valence-electron chi connectivity index (χ0n) is 19.2. The van der Waals surface area contributed by atoms with Gasteiger partial charge in [-0.1, -0.05) is 30.3 Å². The molecule has 5 rings (SSSR count). The molecule has 180 valence electrons. The highest BCUT2D eigenvalue weighted by Crippen LogP contribution is 2.47. The summed E-state index contributed by atoms with van der Waals surface area (Å²) in [5.74, 6) is 1.27. The third-order valence-electron chi connectivity index (χ3n) is 6.95. The van der Waals surface area contributed by atoms with E-state index >= 15 is 0 Å². The Morgan fingerprint density at radius 3 is 2.62 bits per heavy atom. The van der Waals surface area contributed by atoms with Gasteiger partial charge in [-0.05, 0) is 55.4 Å². The first-order valence-corrected chi connectivity index (χ1v) is 12.3. The van der Waals surface area contributed by atoms with E-state index < -0.39 is 6.10 Å². The lowest BCUT2D eigenvalue weighted by molar-refractivity contribution is -0.142. The molecule has 2 aromatic carbocycles. The van der Waals surface area contributed by atoms with Crippen LogP contribution in [0.5, 0.6) is 5.75 Å². The molecular weight excluding hydrogens is 432 g/mol. The Bertz CT molecular complexity index is 1020. The molecule has 0 radical (unpaired) electrons. The van der Waals surface area contributed by atoms with Crippen molar-refractivity contribution in [3.63, 3.8) is 0 Å². The topological polar surface area (TPSA) is 96.9 Å². The van der Waals surface area contributed by atoms with E-state index in [0.717, 1.165) is 36.3 Å². The van der Waals surface area contributed by atoms with Crippen molar-refractivity contribution in [2.24, 2.45) is 5.92 Å². The number of benzene rings is 2. The molecule has 34 heavy (non-hydrogen) atoms. The van der Waals surface area contributed by atoms with E-state index in [0.29, 0.717) is 25.3 Å². The lowest BCUT2D eigenvalue weighted by Gasteiger charge is -2.37. The number of carbonyl (C=O) groups is 2. The van der Waals surface area contributed by atoms with Gasteiger partial charge in [0.2, 0.25) is 11.8 Å². The first kappa shape index (κ1) is 22.9. The number of ether oxygens (including phenoxy) is 2. The number of rotatable bonds is 9. The maximum atomic E-state index is 12.6. The Kier molecular flexibility index (Phi) is 6.83. The van der Waals surface area contributed by atoms with E-state index in [1.165, 1.54) is 5.56 Å². The summed E-state index contributed by atoms with van der Waals surface area (Å²) in [5.41, 5.74) is 2.95. The normalized spacial score (nSPS) is 25.1. The van der Waals surface area contributed by atoms with E-state index in [1.54, 1.807) is 0 Å². The molecule has 3 aliphatic rings. The monoisotopic (exact) mass is 464 g/mol. The van der Waals surface area contributed by atoms with Gasteiger partial charge in [0.05, 0.1) is 19.1 Å². The van der Waals surface area contributed by atoms with Gasteiger partial charge in [0.15, 0.2) is 0 Å². The third kappa shape index (κ3) is 5.42. The molecule has 4 atom stereocenters. The van der Waals surface area contributed by atoms with Gasteiger partial charge in [0.1, 0.15) is 18.0 Å². The lowest BCUT2D eigenvalue weighted by atomic mass is 9.84. The number of carbonyl (C=O) groups excluding carboxylic acids is 2. The van der Waals surface area contributed by atoms with Gasteiger partial charge < -0.3 is 25.2 Å². The van der Waals surface area contributed by atoms with Crippen molar-refractivity contribution in [3.8, 4) is 5.75 Å². The van der Waals surface area contributed by atoms with Crippen LogP contribution in [0.3, 0.4) is 0 Å². The van der Waals surface area contributed by atoms with Crippen molar-refractivity contribution in [3.05, 3.63) is 59.7 Å². The summed E-state index contributed by atoms with van der Waals surface area (Å²) in [7, 11) is 0. The summed E-state index contributed by atoms with van der Waals surface area (Å²) in [4.78, 5) is 24.8. The number of hydrogen-bond donors (Lipinski definition) is 3. The molecule has 2 fully saturated rings. The van der Waals surface area contributed by atoms with E-state index in [9.17, 15) is 14.7 Å². The molecule has 2 aliphatic heterocycles. The number of nitrogens with one attached hydrogen (secondary N) is 2. The van der Waals surface area contributed by atoms with Gasteiger partial charge in [-0.2, -0.15) is 0 Å². The Morgan fingerprint density at radius 1 is 1.03 bits per heavy atom. The van der Waals surface area contributed by atoms with Gasteiger partial charge in [-0.15, -0.1) is 0 Å². The zero-order valence-corrected chi connectivity index (χ0v) is 19.2. The second-order valence-corrected chi connectivity index (χ2v) is 9.64. The van der Waals surface area contributed by atoms with Crippen LogP contribution in [0.4, 0.5) is 5.69 Å². The molecule has 2 heterocycles. The second kappa shape index (κ2) is 10.2. The molecule has 0 bridgehead atoms. The molecular formula is C27H32N2O5. The Labute approximate surface area is 199 Å². The minimum absolute atomic E-state index is 0.00306. The predicted octanol–water partition coefficient (Wildman–Crippen LogP) is 3.17. The highest BCUT2D eigenvalue weighted by molar-refractivity contribution is 5.91. The van der Waals surface area contributed by atoms with Crippen LogP contribution in [-0.4, -0.2) is 48.4 Å². The summed E-state index contributed by atoms with van der Waals surface area (Å²) >= 11 is 0. The largest absolute Gasteiger partial charge is 0.487 e. The van der Waals surface area contributed by atoms with Gasteiger partial charge in [0.25, 0.3) is 0 Å². The van der Waals surface area contributed by atoms with Crippen molar-refractivity contribution in [1.82, 2.24) is 5.32 Å². The van der Waals surface area contributed by atoms with Crippen molar-refractivity contribution in [1.29, 1.82) is 0 Å². The molecule has 2 amide bonds. The average molecular weight is 465 g/mol. The fourth-order valence-corrected chi connectivity index (χ4v) is 5.03. The molecule has 0 aromatic heterocycles. The van der Waals surface area contributed by atoms with Crippen molar-refractivity contribution in [2.45, 2.75) is 62.8 Å². The number of amides is 2. The highest BCUT2D eigenvalue weighted by atomic mass is 16.6. The van der Waals surface area contributed by atoms with Crippen LogP contribution in [-0.2, 0) is 20.7 Å². The summed E-state index contributed by atoms with van der Waals surface area (Å²) in [6.45, 7) is 0.396. The minimum atomic E-state index is -0.499. The van der Waals surface area contributed by atoms with Gasteiger partial charge >= 0.3 is 0 Å². The SMILES string of the molecule is O=C(C[C@@H]1C[C@@H]2c3cc(NC(=O)CC4CC4)ccc3O[C@@H]2[C@H](CO)O1)NCCc1ccccc1. The van der Waals surface area contributed by atoms with E-state index in [1.807, 2.05) is 48.5 Å². The fourth-order valence-electron chi connectivity index (χ4n) is 5.03. The Morgan fingerprint density at radius 2 is 1.85 bits per heavy atom. The summed E-state index contributed by atoms with van der Waals surface area (Å²) in [5, 5.41) is 15.9. The number of fused-ring (bicyclic) bond motifs is 3. The highest BCUT2D eigenvalue weighted by Gasteiger charge is 2.46. The van der Waals surface area contributed by atoms with Crippen LogP contribution in [0.25, 0.3) is 0 Å². The molecule has 2 aromatic rings. The zero-order chi connectivity index (χ0) is 23.5. The van der Waals surface area contributed by atoms with Gasteiger partial charge in [-0.25, -0.2) is 0 Å². The Balaban J connectivity index is 1.20. The lowest BCUT2D eigenvalue weighted by Crippen LogP contribution is -2.47. The number of aliphatic hydroxyl groups excluding tert-OH is 1. The smallest absolute Gasteiger partial charge is 0.224 e. The molecule has 1 saturated carbocycles. The molecule has 7 nitrogen and oxygen atoms in total. The average Bonchev–Trinajstić information content (AvgIpc) is 3.57. The summed E-state index contributed by atoms with van der Waals surface area (Å²) in [6, 6.07) is 15.7. The first-order chi connectivity index (χ1) is 16.6. The Hall–Kier alpha value is -2.90. The van der Waals surface area contributed by atoms with Crippen LogP contribution in [0.15, 0.2) is 48.5 Å². The molecule has 0 unspecified atom stereocenters. The first-order valence-electron chi connectivity index (χ1n) is 12.3. The molecule has 3 N–H and O–H groups in total. The number of anilines is 1. The minimum Gasteiger partial charge on any atom is -0.487 e. The summed E-state index contributed by atoms with van der Waals surface area (Å²) < 4.78 is 12.2. The third-order valence-corrected chi connectivity index (χ3v) is 6.95. The number of aliphatic hydroxyl groups is 1. The van der Waals surface area contributed by atoms with Gasteiger partial charge in [0, 0.05) is 30.1 Å². The van der Waals surface area contributed by atoms with Crippen LogP contribution in [0.2, 0.25) is 0 Å². The standard InChI is InChI=1S/C27H32N2O5/c30-16-24-27-22(14-20(33-24)15-25(31)28-11-10-17-4-2-1-3-5-17)21-13-19(8-9-23(21)34-27)29-26(32)12-18-6-7-18/h1-5,8-9,13,18,20,22,24,27,30H,6-7,10-12,14-16H2,(H,28,31)(H,29,32)/t20-,22+,24-,27-/m0/s1. The van der Waals surface area contributed by atoms with Crippen molar-refractivity contribution < 1.29 is 24.2 Å². The molecule has 1 saturated heterocycles. The number of hydrogen-bond acceptors (Lipinski definition) is 5. The van der Waals surface area contributed by atoms with Crippen LogP contribution in [0.1, 0.15) is 49.1 Å². The predicted molar refractivity (Wildman–Crippen MR) is 128 cm³/mol. The van der Waals surface area contributed by atoms with Gasteiger partial charge in [-0.3, -0.25) is 9.59 Å². The van der Waals surface area contributed by atoms with Crippen molar-refractivity contribution in [2.75, 3.05) is 18.5 Å². The fraction of sp³-hybridized carbons (Fsp3) is 0.481. The quantitative estimate of drug-likeness (QED) is 0.530. The molecule has 0 spiro atoms. The van der Waals surface area contributed by atoms with Crippen LogP contribution in [0, 0.1) is 5.92 Å².